The molecule has 3 nitrogen and oxygen atoms in total. The third-order valence-electron chi connectivity index (χ3n) is 4.25. The summed E-state index contributed by atoms with van der Waals surface area (Å²) in [6.45, 7) is 4.02. The van der Waals surface area contributed by atoms with E-state index in [2.05, 4.69) is 28.9 Å². The molecular formula is C16H19BrN2O. The van der Waals surface area contributed by atoms with Gasteiger partial charge in [0.15, 0.2) is 0 Å². The van der Waals surface area contributed by atoms with Crippen LogP contribution in [0, 0.1) is 5.92 Å². The Kier molecular flexibility index (Phi) is 3.59. The molecule has 1 saturated heterocycles. The van der Waals surface area contributed by atoms with E-state index in [4.69, 9.17) is 0 Å². The summed E-state index contributed by atoms with van der Waals surface area (Å²) in [7, 11) is 1.99. The predicted octanol–water partition coefficient (Wildman–Crippen LogP) is 3.81. The normalized spacial score (nSPS) is 16.9. The summed E-state index contributed by atoms with van der Waals surface area (Å²) >= 11 is 3.49. The molecule has 1 aliphatic rings. The van der Waals surface area contributed by atoms with Gasteiger partial charge in [-0.3, -0.25) is 4.79 Å². The number of piperidine rings is 1. The number of hydrogen-bond acceptors (Lipinski definition) is 1. The fourth-order valence-electron chi connectivity index (χ4n) is 2.91. The molecule has 4 heteroatoms. The molecular weight excluding hydrogens is 316 g/mol. The maximum atomic E-state index is 12.7. The van der Waals surface area contributed by atoms with Crippen LogP contribution in [-0.4, -0.2) is 28.5 Å². The van der Waals surface area contributed by atoms with Crippen molar-refractivity contribution in [2.45, 2.75) is 19.8 Å². The summed E-state index contributed by atoms with van der Waals surface area (Å²) in [4.78, 5) is 14.7. The average Bonchev–Trinajstić information content (AvgIpc) is 2.76. The Morgan fingerprint density at radius 1 is 1.30 bits per heavy atom. The fourth-order valence-corrected chi connectivity index (χ4v) is 3.26. The molecule has 0 N–H and O–H groups in total. The van der Waals surface area contributed by atoms with E-state index in [1.165, 1.54) is 0 Å². The van der Waals surface area contributed by atoms with Crippen molar-refractivity contribution >= 4 is 32.7 Å². The molecule has 1 aromatic heterocycles. The van der Waals surface area contributed by atoms with Crippen LogP contribution in [0.15, 0.2) is 28.9 Å². The first-order chi connectivity index (χ1) is 9.56. The van der Waals surface area contributed by atoms with Gasteiger partial charge in [-0.25, -0.2) is 0 Å². The molecule has 3 rings (SSSR count). The Morgan fingerprint density at radius 3 is 2.70 bits per heavy atom. The second kappa shape index (κ2) is 5.24. The molecule has 0 aliphatic carbocycles. The maximum Gasteiger partial charge on any atom is 0.256 e. The minimum Gasteiger partial charge on any atom is -0.350 e. The number of halogens is 1. The van der Waals surface area contributed by atoms with Crippen LogP contribution in [-0.2, 0) is 7.05 Å². The van der Waals surface area contributed by atoms with Crippen molar-refractivity contribution in [2.24, 2.45) is 13.0 Å². The first-order valence-corrected chi connectivity index (χ1v) is 7.89. The van der Waals surface area contributed by atoms with Gasteiger partial charge in [-0.1, -0.05) is 28.9 Å². The third kappa shape index (κ3) is 2.37. The summed E-state index contributed by atoms with van der Waals surface area (Å²) < 4.78 is 3.07. The Morgan fingerprint density at radius 2 is 2.00 bits per heavy atom. The molecule has 0 atom stereocenters. The predicted molar refractivity (Wildman–Crippen MR) is 84.9 cm³/mol. The number of carbonyl (C=O) groups is 1. The first-order valence-electron chi connectivity index (χ1n) is 7.10. The minimum atomic E-state index is 0.171. The van der Waals surface area contributed by atoms with Crippen LogP contribution >= 0.6 is 15.9 Å². The highest BCUT2D eigenvalue weighted by Gasteiger charge is 2.23. The highest BCUT2D eigenvalue weighted by molar-refractivity contribution is 9.10. The molecule has 0 bridgehead atoms. The van der Waals surface area contributed by atoms with Gasteiger partial charge >= 0.3 is 0 Å². The van der Waals surface area contributed by atoms with E-state index in [1.807, 2.05) is 34.8 Å². The van der Waals surface area contributed by atoms with Gasteiger partial charge in [0, 0.05) is 41.7 Å². The van der Waals surface area contributed by atoms with E-state index in [0.29, 0.717) is 0 Å². The summed E-state index contributed by atoms with van der Waals surface area (Å²) in [5, 5.41) is 1.04. The zero-order valence-corrected chi connectivity index (χ0v) is 13.5. The molecule has 0 unspecified atom stereocenters. The van der Waals surface area contributed by atoms with Crippen molar-refractivity contribution in [1.29, 1.82) is 0 Å². The number of aryl methyl sites for hydroxylation is 1. The van der Waals surface area contributed by atoms with Crippen LogP contribution in [0.4, 0.5) is 0 Å². The smallest absolute Gasteiger partial charge is 0.256 e. The van der Waals surface area contributed by atoms with Crippen molar-refractivity contribution in [1.82, 2.24) is 9.47 Å². The van der Waals surface area contributed by atoms with Gasteiger partial charge in [0.1, 0.15) is 0 Å². The van der Waals surface area contributed by atoms with Crippen molar-refractivity contribution in [3.63, 3.8) is 0 Å². The first kappa shape index (κ1) is 13.7. The molecule has 1 fully saturated rings. The number of rotatable bonds is 1. The number of carbonyl (C=O) groups excluding carboxylic acids is 1. The molecule has 20 heavy (non-hydrogen) atoms. The average molecular weight is 335 g/mol. The van der Waals surface area contributed by atoms with Crippen LogP contribution in [0.25, 0.3) is 10.9 Å². The van der Waals surface area contributed by atoms with E-state index in [9.17, 15) is 4.79 Å². The molecule has 1 aromatic carbocycles. The number of nitrogens with zero attached hydrogens (tertiary/aromatic N) is 2. The molecule has 0 saturated carbocycles. The zero-order chi connectivity index (χ0) is 14.3. The number of hydrogen-bond donors (Lipinski definition) is 0. The maximum absolute atomic E-state index is 12.7. The van der Waals surface area contributed by atoms with Gasteiger partial charge in [0.2, 0.25) is 0 Å². The highest BCUT2D eigenvalue weighted by Crippen LogP contribution is 2.26. The SMILES string of the molecule is CC1CCN(C(=O)c2cn(C)c3cc(Br)ccc23)CC1. The largest absolute Gasteiger partial charge is 0.350 e. The molecule has 2 heterocycles. The third-order valence-corrected chi connectivity index (χ3v) is 4.75. The van der Waals surface area contributed by atoms with Crippen molar-refractivity contribution in [2.75, 3.05) is 13.1 Å². The van der Waals surface area contributed by atoms with Crippen LogP contribution in [0.5, 0.6) is 0 Å². The van der Waals surface area contributed by atoms with E-state index >= 15 is 0 Å². The van der Waals surface area contributed by atoms with Crippen LogP contribution in [0.1, 0.15) is 30.1 Å². The molecule has 0 radical (unpaired) electrons. The van der Waals surface area contributed by atoms with Crippen molar-refractivity contribution < 1.29 is 4.79 Å². The second-order valence-electron chi connectivity index (χ2n) is 5.79. The lowest BCUT2D eigenvalue weighted by Gasteiger charge is -2.30. The number of likely N-dealkylation sites (tertiary alicyclic amines) is 1. The van der Waals surface area contributed by atoms with Gasteiger partial charge in [0.25, 0.3) is 5.91 Å². The summed E-state index contributed by atoms with van der Waals surface area (Å²) in [5.41, 5.74) is 1.91. The molecule has 0 spiro atoms. The lowest BCUT2D eigenvalue weighted by Crippen LogP contribution is -2.37. The van der Waals surface area contributed by atoms with Gasteiger partial charge in [-0.15, -0.1) is 0 Å². The van der Waals surface area contributed by atoms with E-state index in [0.717, 1.165) is 52.8 Å². The number of amides is 1. The van der Waals surface area contributed by atoms with Gasteiger partial charge < -0.3 is 9.47 Å². The molecule has 106 valence electrons. The van der Waals surface area contributed by atoms with Crippen LogP contribution < -0.4 is 0 Å². The van der Waals surface area contributed by atoms with Crippen molar-refractivity contribution in [3.05, 3.63) is 34.4 Å². The number of aromatic nitrogens is 1. The summed E-state index contributed by atoms with van der Waals surface area (Å²) in [6, 6.07) is 6.08. The minimum absolute atomic E-state index is 0.171. The van der Waals surface area contributed by atoms with Crippen molar-refractivity contribution in [3.8, 4) is 0 Å². The summed E-state index contributed by atoms with van der Waals surface area (Å²) in [5.74, 6) is 0.910. The van der Waals surface area contributed by atoms with E-state index in [-0.39, 0.29) is 5.91 Å². The number of benzene rings is 1. The van der Waals surface area contributed by atoms with Gasteiger partial charge in [-0.05, 0) is 30.9 Å². The topological polar surface area (TPSA) is 25.2 Å². The standard InChI is InChI=1S/C16H19BrN2O/c1-11-5-7-19(8-6-11)16(20)14-10-18(2)15-9-12(17)3-4-13(14)15/h3-4,9-11H,5-8H2,1-2H3. The second-order valence-corrected chi connectivity index (χ2v) is 6.71. The van der Waals surface area contributed by atoms with Gasteiger partial charge in [0.05, 0.1) is 5.56 Å². The quantitative estimate of drug-likeness (QED) is 0.778. The van der Waals surface area contributed by atoms with Gasteiger partial charge in [-0.2, -0.15) is 0 Å². The molecule has 1 amide bonds. The Balaban J connectivity index is 1.96. The highest BCUT2D eigenvalue weighted by atomic mass is 79.9. The van der Waals surface area contributed by atoms with Crippen LogP contribution in [0.2, 0.25) is 0 Å². The fraction of sp³-hybridized carbons (Fsp3) is 0.438. The summed E-state index contributed by atoms with van der Waals surface area (Å²) in [6.07, 6.45) is 4.18. The lowest BCUT2D eigenvalue weighted by atomic mass is 9.98. The lowest BCUT2D eigenvalue weighted by molar-refractivity contribution is 0.0699. The molecule has 2 aromatic rings. The number of fused-ring (bicyclic) bond motifs is 1. The Hall–Kier alpha value is -1.29. The van der Waals surface area contributed by atoms with E-state index < -0.39 is 0 Å². The Labute approximate surface area is 127 Å². The monoisotopic (exact) mass is 334 g/mol. The zero-order valence-electron chi connectivity index (χ0n) is 11.9. The van der Waals surface area contributed by atoms with E-state index in [1.54, 1.807) is 0 Å². The van der Waals surface area contributed by atoms with Crippen LogP contribution in [0.3, 0.4) is 0 Å². The Bertz CT molecular complexity index is 654. The molecule has 1 aliphatic heterocycles.